The second kappa shape index (κ2) is 7.51. The van der Waals surface area contributed by atoms with Gasteiger partial charge in [-0.05, 0) is 68.7 Å². The molecule has 1 saturated carbocycles. The van der Waals surface area contributed by atoms with Gasteiger partial charge in [-0.15, -0.1) is 0 Å². The van der Waals surface area contributed by atoms with Gasteiger partial charge in [0.1, 0.15) is 0 Å². The predicted molar refractivity (Wildman–Crippen MR) is 93.2 cm³/mol. The van der Waals surface area contributed by atoms with E-state index in [4.69, 9.17) is 17.3 Å². The van der Waals surface area contributed by atoms with E-state index in [1.54, 1.807) is 0 Å². The Morgan fingerprint density at radius 1 is 1.29 bits per heavy atom. The Labute approximate surface area is 134 Å². The van der Waals surface area contributed by atoms with E-state index < -0.39 is 0 Å². The van der Waals surface area contributed by atoms with Crippen LogP contribution in [0.25, 0.3) is 0 Å². The average molecular weight is 309 g/mol. The van der Waals surface area contributed by atoms with E-state index in [0.29, 0.717) is 6.04 Å². The van der Waals surface area contributed by atoms with Gasteiger partial charge in [0, 0.05) is 29.8 Å². The number of hydrogen-bond acceptors (Lipinski definition) is 2. The normalized spacial score (nSPS) is 23.9. The molecule has 0 radical (unpaired) electrons. The van der Waals surface area contributed by atoms with Gasteiger partial charge in [-0.3, -0.25) is 0 Å². The van der Waals surface area contributed by atoms with Gasteiger partial charge in [-0.2, -0.15) is 0 Å². The number of benzene rings is 1. The van der Waals surface area contributed by atoms with Crippen molar-refractivity contribution in [3.05, 3.63) is 28.8 Å². The van der Waals surface area contributed by atoms with E-state index >= 15 is 0 Å². The van der Waals surface area contributed by atoms with Crippen LogP contribution in [0.3, 0.4) is 0 Å². The number of nitrogens with zero attached hydrogens (tertiary/aromatic N) is 1. The van der Waals surface area contributed by atoms with Crippen LogP contribution in [0.1, 0.15) is 51.5 Å². The van der Waals surface area contributed by atoms with Gasteiger partial charge in [0.15, 0.2) is 0 Å². The zero-order chi connectivity index (χ0) is 15.4. The molecule has 1 aromatic carbocycles. The summed E-state index contributed by atoms with van der Waals surface area (Å²) in [6, 6.07) is 7.04. The van der Waals surface area contributed by atoms with E-state index in [-0.39, 0.29) is 6.04 Å². The second-order valence-corrected chi connectivity index (χ2v) is 7.08. The minimum absolute atomic E-state index is 0.159. The third-order valence-electron chi connectivity index (χ3n) is 4.90. The molecule has 1 fully saturated rings. The maximum Gasteiger partial charge on any atom is 0.0410 e. The van der Waals surface area contributed by atoms with E-state index in [2.05, 4.69) is 37.9 Å². The number of nitrogens with two attached hydrogens (primary N) is 1. The van der Waals surface area contributed by atoms with Crippen molar-refractivity contribution < 1.29 is 0 Å². The van der Waals surface area contributed by atoms with Crippen LogP contribution in [0.15, 0.2) is 18.2 Å². The number of rotatable bonds is 5. The number of anilines is 1. The summed E-state index contributed by atoms with van der Waals surface area (Å²) in [5.41, 5.74) is 8.57. The fourth-order valence-electron chi connectivity index (χ4n) is 3.55. The quantitative estimate of drug-likeness (QED) is 0.859. The molecule has 2 nitrogen and oxygen atoms in total. The lowest BCUT2D eigenvalue weighted by Crippen LogP contribution is -2.36. The summed E-state index contributed by atoms with van der Waals surface area (Å²) in [5.74, 6) is 0.934. The molecular formula is C18H29ClN2. The molecule has 0 amide bonds. The highest BCUT2D eigenvalue weighted by Crippen LogP contribution is 2.33. The van der Waals surface area contributed by atoms with Gasteiger partial charge >= 0.3 is 0 Å². The molecular weight excluding hydrogens is 280 g/mol. The molecule has 3 heteroatoms. The van der Waals surface area contributed by atoms with Crippen molar-refractivity contribution in [3.63, 3.8) is 0 Å². The van der Waals surface area contributed by atoms with Crippen molar-refractivity contribution in [2.75, 3.05) is 11.9 Å². The lowest BCUT2D eigenvalue weighted by atomic mass is 9.84. The molecule has 1 unspecified atom stereocenters. The van der Waals surface area contributed by atoms with E-state index in [9.17, 15) is 0 Å². The van der Waals surface area contributed by atoms with Gasteiger partial charge in [0.2, 0.25) is 0 Å². The molecule has 0 heterocycles. The third-order valence-corrected chi connectivity index (χ3v) is 5.14. The molecule has 1 atom stereocenters. The largest absolute Gasteiger partial charge is 0.371 e. The minimum atomic E-state index is 0.159. The zero-order valence-electron chi connectivity index (χ0n) is 13.6. The maximum atomic E-state index is 6.17. The standard InChI is InChI=1S/C18H29ClN2/c1-4-14-5-8-17(9-6-14)21(3)18-10-7-16(19)12-15(18)11-13(2)20/h7,10,12-14,17H,4-6,8-9,11,20H2,1-3H3. The first-order chi connectivity index (χ1) is 10.0. The van der Waals surface area contributed by atoms with Crippen LogP contribution >= 0.6 is 11.6 Å². The first kappa shape index (κ1) is 16.6. The molecule has 0 bridgehead atoms. The number of hydrogen-bond donors (Lipinski definition) is 1. The fourth-order valence-corrected chi connectivity index (χ4v) is 3.74. The maximum absolute atomic E-state index is 6.17. The van der Waals surface area contributed by atoms with Crippen LogP contribution < -0.4 is 10.6 Å². The Bertz CT molecular complexity index is 451. The van der Waals surface area contributed by atoms with E-state index in [1.165, 1.54) is 43.4 Å². The molecule has 2 N–H and O–H groups in total. The molecule has 0 aliphatic heterocycles. The summed E-state index contributed by atoms with van der Waals surface area (Å²) in [6.07, 6.45) is 7.53. The Kier molecular flexibility index (Phi) is 5.95. The Hall–Kier alpha value is -0.730. The Morgan fingerprint density at radius 3 is 2.52 bits per heavy atom. The van der Waals surface area contributed by atoms with Crippen molar-refractivity contribution in [2.24, 2.45) is 11.7 Å². The topological polar surface area (TPSA) is 29.3 Å². The second-order valence-electron chi connectivity index (χ2n) is 6.65. The zero-order valence-corrected chi connectivity index (χ0v) is 14.4. The third kappa shape index (κ3) is 4.37. The first-order valence-corrected chi connectivity index (χ1v) is 8.65. The molecule has 1 aromatic rings. The molecule has 1 aliphatic carbocycles. The highest BCUT2D eigenvalue weighted by molar-refractivity contribution is 6.30. The monoisotopic (exact) mass is 308 g/mol. The van der Waals surface area contributed by atoms with Crippen LogP contribution in [0.2, 0.25) is 5.02 Å². The highest BCUT2D eigenvalue weighted by Gasteiger charge is 2.24. The summed E-state index contributed by atoms with van der Waals surface area (Å²) >= 11 is 6.17. The van der Waals surface area contributed by atoms with Crippen molar-refractivity contribution in [1.29, 1.82) is 0 Å². The van der Waals surface area contributed by atoms with Crippen LogP contribution in [-0.2, 0) is 6.42 Å². The summed E-state index contributed by atoms with van der Waals surface area (Å²) in [7, 11) is 2.23. The smallest absolute Gasteiger partial charge is 0.0410 e. The highest BCUT2D eigenvalue weighted by atomic mass is 35.5. The molecule has 2 rings (SSSR count). The molecule has 0 aromatic heterocycles. The molecule has 0 saturated heterocycles. The van der Waals surface area contributed by atoms with Crippen molar-refractivity contribution in [3.8, 4) is 0 Å². The first-order valence-electron chi connectivity index (χ1n) is 8.28. The summed E-state index contributed by atoms with van der Waals surface area (Å²) in [5, 5.41) is 0.803. The summed E-state index contributed by atoms with van der Waals surface area (Å²) < 4.78 is 0. The molecule has 0 spiro atoms. The molecule has 1 aliphatic rings. The fraction of sp³-hybridized carbons (Fsp3) is 0.667. The van der Waals surface area contributed by atoms with Crippen LogP contribution in [0.5, 0.6) is 0 Å². The predicted octanol–water partition coefficient (Wildman–Crippen LogP) is 4.63. The van der Waals surface area contributed by atoms with Gasteiger partial charge in [0.05, 0.1) is 0 Å². The molecule has 118 valence electrons. The lowest BCUT2D eigenvalue weighted by molar-refractivity contribution is 0.313. The Balaban J connectivity index is 2.13. The van der Waals surface area contributed by atoms with Gasteiger partial charge in [0.25, 0.3) is 0 Å². The van der Waals surface area contributed by atoms with Gasteiger partial charge < -0.3 is 10.6 Å². The van der Waals surface area contributed by atoms with Crippen molar-refractivity contribution in [2.45, 2.75) is 64.5 Å². The summed E-state index contributed by atoms with van der Waals surface area (Å²) in [6.45, 7) is 4.37. The average Bonchev–Trinajstić information content (AvgIpc) is 2.46. The van der Waals surface area contributed by atoms with Crippen LogP contribution in [0.4, 0.5) is 5.69 Å². The molecule has 21 heavy (non-hydrogen) atoms. The number of halogens is 1. The minimum Gasteiger partial charge on any atom is -0.371 e. The van der Waals surface area contributed by atoms with E-state index in [1.807, 2.05) is 6.07 Å². The Morgan fingerprint density at radius 2 is 1.95 bits per heavy atom. The van der Waals surface area contributed by atoms with Crippen LogP contribution in [-0.4, -0.2) is 19.1 Å². The lowest BCUT2D eigenvalue weighted by Gasteiger charge is -2.37. The van der Waals surface area contributed by atoms with Crippen molar-refractivity contribution >= 4 is 17.3 Å². The summed E-state index contributed by atoms with van der Waals surface area (Å²) in [4.78, 5) is 2.46. The SMILES string of the molecule is CCC1CCC(N(C)c2ccc(Cl)cc2CC(C)N)CC1. The van der Waals surface area contributed by atoms with Gasteiger partial charge in [-0.25, -0.2) is 0 Å². The van der Waals surface area contributed by atoms with Crippen LogP contribution in [0, 0.1) is 5.92 Å². The van der Waals surface area contributed by atoms with Gasteiger partial charge in [-0.1, -0.05) is 24.9 Å². The van der Waals surface area contributed by atoms with E-state index in [0.717, 1.165) is 17.4 Å². The van der Waals surface area contributed by atoms with Crippen molar-refractivity contribution in [1.82, 2.24) is 0 Å².